The van der Waals surface area contributed by atoms with E-state index in [0.717, 1.165) is 16.8 Å². The number of ketones is 1. The number of hydrogen-bond donors (Lipinski definition) is 1. The van der Waals surface area contributed by atoms with E-state index in [2.05, 4.69) is 0 Å². The van der Waals surface area contributed by atoms with Crippen LogP contribution in [0.1, 0.15) is 38.8 Å². The van der Waals surface area contributed by atoms with Crippen LogP contribution in [0.5, 0.6) is 5.75 Å². The van der Waals surface area contributed by atoms with Crippen LogP contribution in [-0.4, -0.2) is 31.6 Å². The first-order valence-electron chi connectivity index (χ1n) is 9.59. The standard InChI is InChI=1S/C23H26N2O4S/c1-16-13-20(14-19(15-30(24,27)28)17-7-5-4-6-8-17)25(2)22(16)23(26)18-9-11-21(29-3)12-10-18/h4-13,19H,14-15H2,1-3H3,(H2,24,27,28). The number of methoxy groups -OCH3 is 1. The fraction of sp³-hybridized carbons (Fsp3) is 0.261. The first-order chi connectivity index (χ1) is 14.2. The van der Waals surface area contributed by atoms with E-state index < -0.39 is 10.0 Å². The molecule has 0 radical (unpaired) electrons. The third-order valence-electron chi connectivity index (χ3n) is 5.25. The summed E-state index contributed by atoms with van der Waals surface area (Å²) in [5.74, 6) is 0.123. The summed E-state index contributed by atoms with van der Waals surface area (Å²) in [6.07, 6.45) is 0.452. The van der Waals surface area contributed by atoms with Gasteiger partial charge >= 0.3 is 0 Å². The predicted molar refractivity (Wildman–Crippen MR) is 117 cm³/mol. The van der Waals surface area contributed by atoms with Crippen molar-refractivity contribution in [3.05, 3.63) is 88.7 Å². The fourth-order valence-corrected chi connectivity index (χ4v) is 4.63. The molecule has 0 spiro atoms. The van der Waals surface area contributed by atoms with Gasteiger partial charge in [0.2, 0.25) is 15.8 Å². The summed E-state index contributed by atoms with van der Waals surface area (Å²) in [7, 11) is -0.252. The Morgan fingerprint density at radius 2 is 1.73 bits per heavy atom. The number of primary sulfonamides is 1. The highest BCUT2D eigenvalue weighted by Gasteiger charge is 2.23. The van der Waals surface area contributed by atoms with Gasteiger partial charge in [0, 0.05) is 24.2 Å². The number of aromatic nitrogens is 1. The number of nitrogens with two attached hydrogens (primary N) is 1. The van der Waals surface area contributed by atoms with Crippen LogP contribution >= 0.6 is 0 Å². The topological polar surface area (TPSA) is 91.4 Å². The lowest BCUT2D eigenvalue weighted by molar-refractivity contribution is 0.103. The molecule has 158 valence electrons. The van der Waals surface area contributed by atoms with Crippen molar-refractivity contribution in [2.45, 2.75) is 19.3 Å². The Bertz CT molecular complexity index is 1130. The zero-order valence-corrected chi connectivity index (χ0v) is 18.1. The summed E-state index contributed by atoms with van der Waals surface area (Å²) in [5, 5.41) is 5.35. The lowest BCUT2D eigenvalue weighted by atomic mass is 9.96. The first-order valence-corrected chi connectivity index (χ1v) is 11.3. The second kappa shape index (κ2) is 8.85. The van der Waals surface area contributed by atoms with Gasteiger partial charge in [0.05, 0.1) is 18.6 Å². The number of carbonyl (C=O) groups is 1. The Balaban J connectivity index is 1.94. The molecule has 0 bridgehead atoms. The monoisotopic (exact) mass is 426 g/mol. The van der Waals surface area contributed by atoms with Crippen LogP contribution in [0.4, 0.5) is 0 Å². The number of hydrogen-bond acceptors (Lipinski definition) is 4. The molecule has 1 atom stereocenters. The molecular formula is C23H26N2O4S. The summed E-state index contributed by atoms with van der Waals surface area (Å²) >= 11 is 0. The zero-order chi connectivity index (χ0) is 21.9. The number of sulfonamides is 1. The van der Waals surface area contributed by atoms with Gasteiger partial charge in [-0.25, -0.2) is 13.6 Å². The summed E-state index contributed by atoms with van der Waals surface area (Å²) in [4.78, 5) is 13.1. The molecule has 3 aromatic rings. The fourth-order valence-electron chi connectivity index (χ4n) is 3.76. The summed E-state index contributed by atoms with van der Waals surface area (Å²) < 4.78 is 30.6. The van der Waals surface area contributed by atoms with Crippen LogP contribution in [-0.2, 0) is 23.5 Å². The van der Waals surface area contributed by atoms with E-state index in [9.17, 15) is 13.2 Å². The number of nitrogens with zero attached hydrogens (tertiary/aromatic N) is 1. The molecule has 1 aromatic heterocycles. The van der Waals surface area contributed by atoms with Crippen molar-refractivity contribution in [1.29, 1.82) is 0 Å². The van der Waals surface area contributed by atoms with E-state index in [1.54, 1.807) is 31.4 Å². The molecule has 7 heteroatoms. The molecule has 0 saturated carbocycles. The van der Waals surface area contributed by atoms with E-state index in [4.69, 9.17) is 9.88 Å². The lowest BCUT2D eigenvalue weighted by Crippen LogP contribution is -2.24. The number of carbonyl (C=O) groups excluding carboxylic acids is 1. The lowest BCUT2D eigenvalue weighted by Gasteiger charge is -2.17. The second-order valence-electron chi connectivity index (χ2n) is 7.43. The summed E-state index contributed by atoms with van der Waals surface area (Å²) in [5.41, 5.74) is 3.76. The van der Waals surface area contributed by atoms with Gasteiger partial charge in [0.25, 0.3) is 0 Å². The summed E-state index contributed by atoms with van der Waals surface area (Å²) in [6, 6.07) is 18.4. The summed E-state index contributed by atoms with van der Waals surface area (Å²) in [6.45, 7) is 1.89. The van der Waals surface area contributed by atoms with Crippen LogP contribution in [0.3, 0.4) is 0 Å². The van der Waals surface area contributed by atoms with Crippen molar-refractivity contribution in [1.82, 2.24) is 4.57 Å². The van der Waals surface area contributed by atoms with Crippen LogP contribution in [0.25, 0.3) is 0 Å². The Morgan fingerprint density at radius 3 is 2.30 bits per heavy atom. The molecule has 2 aromatic carbocycles. The maximum absolute atomic E-state index is 13.1. The molecule has 0 amide bonds. The van der Waals surface area contributed by atoms with Crippen molar-refractivity contribution >= 4 is 15.8 Å². The van der Waals surface area contributed by atoms with E-state index in [1.165, 1.54) is 0 Å². The van der Waals surface area contributed by atoms with Crippen molar-refractivity contribution in [2.24, 2.45) is 12.2 Å². The highest BCUT2D eigenvalue weighted by Crippen LogP contribution is 2.26. The molecule has 0 aliphatic rings. The molecule has 0 aliphatic heterocycles. The third kappa shape index (κ3) is 4.98. The van der Waals surface area contributed by atoms with Gasteiger partial charge < -0.3 is 9.30 Å². The zero-order valence-electron chi connectivity index (χ0n) is 17.3. The Kier molecular flexibility index (Phi) is 6.43. The molecule has 30 heavy (non-hydrogen) atoms. The minimum absolute atomic E-state index is 0.0911. The second-order valence-corrected chi connectivity index (χ2v) is 9.08. The Morgan fingerprint density at radius 1 is 1.10 bits per heavy atom. The van der Waals surface area contributed by atoms with Gasteiger partial charge in [-0.2, -0.15) is 0 Å². The Labute approximate surface area is 177 Å². The molecule has 6 nitrogen and oxygen atoms in total. The van der Waals surface area contributed by atoms with Gasteiger partial charge in [-0.05, 0) is 54.8 Å². The van der Waals surface area contributed by atoms with Crippen LogP contribution in [0.15, 0.2) is 60.7 Å². The van der Waals surface area contributed by atoms with Gasteiger partial charge in [-0.15, -0.1) is 0 Å². The molecule has 0 fully saturated rings. The van der Waals surface area contributed by atoms with E-state index in [-0.39, 0.29) is 17.5 Å². The molecule has 1 heterocycles. The largest absolute Gasteiger partial charge is 0.497 e. The highest BCUT2D eigenvalue weighted by atomic mass is 32.2. The minimum Gasteiger partial charge on any atom is -0.497 e. The predicted octanol–water partition coefficient (Wildman–Crippen LogP) is 3.19. The highest BCUT2D eigenvalue weighted by molar-refractivity contribution is 7.89. The first kappa shape index (κ1) is 21.8. The number of benzene rings is 2. The van der Waals surface area contributed by atoms with Crippen molar-refractivity contribution in [2.75, 3.05) is 12.9 Å². The third-order valence-corrected chi connectivity index (χ3v) is 6.12. The number of aryl methyl sites for hydroxylation is 1. The van der Waals surface area contributed by atoms with Crippen LogP contribution in [0, 0.1) is 6.92 Å². The minimum atomic E-state index is -3.66. The quantitative estimate of drug-likeness (QED) is 0.560. The van der Waals surface area contributed by atoms with Gasteiger partial charge in [-0.1, -0.05) is 30.3 Å². The maximum Gasteiger partial charge on any atom is 0.209 e. The smallest absolute Gasteiger partial charge is 0.209 e. The van der Waals surface area contributed by atoms with E-state index in [1.807, 2.05) is 54.9 Å². The molecule has 3 rings (SSSR count). The average molecular weight is 427 g/mol. The molecular weight excluding hydrogens is 400 g/mol. The molecule has 0 aliphatic carbocycles. The normalized spacial score (nSPS) is 12.5. The van der Waals surface area contributed by atoms with Crippen LogP contribution in [0.2, 0.25) is 0 Å². The van der Waals surface area contributed by atoms with E-state index >= 15 is 0 Å². The van der Waals surface area contributed by atoms with Gasteiger partial charge in [-0.3, -0.25) is 4.79 Å². The Hall–Kier alpha value is -2.90. The molecule has 0 saturated heterocycles. The van der Waals surface area contributed by atoms with Crippen molar-refractivity contribution < 1.29 is 17.9 Å². The van der Waals surface area contributed by atoms with Gasteiger partial charge in [0.1, 0.15) is 5.75 Å². The average Bonchev–Trinajstić information content (AvgIpc) is 2.99. The van der Waals surface area contributed by atoms with Crippen molar-refractivity contribution in [3.8, 4) is 5.75 Å². The maximum atomic E-state index is 13.1. The van der Waals surface area contributed by atoms with Crippen LogP contribution < -0.4 is 9.88 Å². The SMILES string of the molecule is COc1ccc(C(=O)c2c(C)cc(CC(CS(N)(=O)=O)c3ccccc3)n2C)cc1. The van der Waals surface area contributed by atoms with Gasteiger partial charge in [0.15, 0.2) is 0 Å². The van der Waals surface area contributed by atoms with E-state index in [0.29, 0.717) is 23.4 Å². The molecule has 1 unspecified atom stereocenters. The van der Waals surface area contributed by atoms with Crippen molar-refractivity contribution in [3.63, 3.8) is 0 Å². The molecule has 2 N–H and O–H groups in total. The number of ether oxygens (including phenoxy) is 1. The number of rotatable bonds is 8.